The van der Waals surface area contributed by atoms with Crippen LogP contribution in [0.4, 0.5) is 10.1 Å². The van der Waals surface area contributed by atoms with Crippen molar-refractivity contribution in [2.45, 2.75) is 19.9 Å². The van der Waals surface area contributed by atoms with Gasteiger partial charge in [0.15, 0.2) is 0 Å². The molecule has 1 aromatic carbocycles. The van der Waals surface area contributed by atoms with E-state index in [4.69, 9.17) is 9.68 Å². The van der Waals surface area contributed by atoms with Gasteiger partial charge in [-0.2, -0.15) is 5.26 Å². The van der Waals surface area contributed by atoms with E-state index >= 15 is 0 Å². The second kappa shape index (κ2) is 4.88. The summed E-state index contributed by atoms with van der Waals surface area (Å²) in [7, 11) is 0. The zero-order valence-corrected chi connectivity index (χ0v) is 10.1. The van der Waals surface area contributed by atoms with Crippen LogP contribution < -0.4 is 5.32 Å². The minimum Gasteiger partial charge on any atom is -0.444 e. The molecule has 0 spiro atoms. The zero-order valence-electron chi connectivity index (χ0n) is 10.1. The van der Waals surface area contributed by atoms with Crippen molar-refractivity contribution in [3.8, 4) is 6.07 Å². The molecule has 1 unspecified atom stereocenters. The highest BCUT2D eigenvalue weighted by atomic mass is 19.1. The number of oxazole rings is 1. The Bertz CT molecular complexity index is 601. The van der Waals surface area contributed by atoms with E-state index in [9.17, 15) is 4.39 Å². The average molecular weight is 245 g/mol. The largest absolute Gasteiger partial charge is 0.444 e. The van der Waals surface area contributed by atoms with E-state index < -0.39 is 5.82 Å². The number of hydrogen-bond donors (Lipinski definition) is 1. The molecule has 0 radical (unpaired) electrons. The van der Waals surface area contributed by atoms with Gasteiger partial charge in [-0.1, -0.05) is 0 Å². The first-order valence-corrected chi connectivity index (χ1v) is 5.48. The third kappa shape index (κ3) is 2.48. The summed E-state index contributed by atoms with van der Waals surface area (Å²) < 4.78 is 18.8. The first kappa shape index (κ1) is 12.1. The fraction of sp³-hybridized carbons (Fsp3) is 0.231. The summed E-state index contributed by atoms with van der Waals surface area (Å²) in [6.07, 6.45) is 1.63. The van der Waals surface area contributed by atoms with Crippen molar-refractivity contribution in [1.29, 1.82) is 5.26 Å². The van der Waals surface area contributed by atoms with Crippen LogP contribution in [0.25, 0.3) is 0 Å². The summed E-state index contributed by atoms with van der Waals surface area (Å²) >= 11 is 0. The lowest BCUT2D eigenvalue weighted by atomic mass is 10.2. The van der Waals surface area contributed by atoms with Crippen LogP contribution in [-0.4, -0.2) is 4.98 Å². The molecule has 0 fully saturated rings. The minimum absolute atomic E-state index is 0.0279. The molecular weight excluding hydrogens is 233 g/mol. The Morgan fingerprint density at radius 1 is 1.50 bits per heavy atom. The third-order valence-electron chi connectivity index (χ3n) is 2.48. The van der Waals surface area contributed by atoms with Crippen LogP contribution in [0.15, 0.2) is 28.8 Å². The second-order valence-electron chi connectivity index (χ2n) is 3.98. The number of nitrogens with one attached hydrogen (secondary N) is 1. The topological polar surface area (TPSA) is 61.9 Å². The number of rotatable bonds is 3. The molecule has 1 atom stereocenters. The quantitative estimate of drug-likeness (QED) is 0.902. The average Bonchev–Trinajstić information content (AvgIpc) is 2.76. The van der Waals surface area contributed by atoms with Gasteiger partial charge in [-0.15, -0.1) is 0 Å². The standard InChI is InChI=1S/C13H12FN3O/c1-8-7-16-13(18-8)9(2)17-11-4-3-10(6-15)12(14)5-11/h3-5,7,9,17H,1-2H3. The van der Waals surface area contributed by atoms with Crippen molar-refractivity contribution >= 4 is 5.69 Å². The van der Waals surface area contributed by atoms with Crippen LogP contribution in [0.2, 0.25) is 0 Å². The number of nitrogens with zero attached hydrogens (tertiary/aromatic N) is 2. The van der Waals surface area contributed by atoms with E-state index in [0.717, 1.165) is 5.76 Å². The van der Waals surface area contributed by atoms with Gasteiger partial charge in [-0.3, -0.25) is 0 Å². The molecule has 0 saturated carbocycles. The van der Waals surface area contributed by atoms with Gasteiger partial charge < -0.3 is 9.73 Å². The molecule has 2 aromatic rings. The van der Waals surface area contributed by atoms with Crippen LogP contribution in [0.3, 0.4) is 0 Å². The monoisotopic (exact) mass is 245 g/mol. The molecule has 5 heteroatoms. The Labute approximate surface area is 104 Å². The summed E-state index contributed by atoms with van der Waals surface area (Å²) in [6.45, 7) is 3.67. The molecule has 0 bridgehead atoms. The predicted molar refractivity (Wildman–Crippen MR) is 64.4 cm³/mol. The highest BCUT2D eigenvalue weighted by Crippen LogP contribution is 2.20. The minimum atomic E-state index is -0.543. The Hall–Kier alpha value is -2.35. The van der Waals surface area contributed by atoms with Crippen LogP contribution >= 0.6 is 0 Å². The van der Waals surface area contributed by atoms with Crippen molar-refractivity contribution in [3.63, 3.8) is 0 Å². The molecule has 0 amide bonds. The molecule has 18 heavy (non-hydrogen) atoms. The number of aryl methyl sites for hydroxylation is 1. The lowest BCUT2D eigenvalue weighted by Crippen LogP contribution is -2.07. The lowest BCUT2D eigenvalue weighted by molar-refractivity contribution is 0.453. The summed E-state index contributed by atoms with van der Waals surface area (Å²) in [5.74, 6) is 0.722. The summed E-state index contributed by atoms with van der Waals surface area (Å²) in [5, 5.41) is 11.7. The van der Waals surface area contributed by atoms with Crippen molar-refractivity contribution in [2.24, 2.45) is 0 Å². The smallest absolute Gasteiger partial charge is 0.216 e. The summed E-state index contributed by atoms with van der Waals surface area (Å²) in [4.78, 5) is 4.09. The number of anilines is 1. The van der Waals surface area contributed by atoms with Gasteiger partial charge in [0.25, 0.3) is 0 Å². The van der Waals surface area contributed by atoms with Crippen LogP contribution in [0.5, 0.6) is 0 Å². The van der Waals surface area contributed by atoms with Crippen molar-refractivity contribution in [3.05, 3.63) is 47.4 Å². The van der Waals surface area contributed by atoms with Gasteiger partial charge in [0.2, 0.25) is 5.89 Å². The zero-order chi connectivity index (χ0) is 13.1. The maximum Gasteiger partial charge on any atom is 0.216 e. The Morgan fingerprint density at radius 3 is 2.83 bits per heavy atom. The number of nitriles is 1. The van der Waals surface area contributed by atoms with Crippen molar-refractivity contribution < 1.29 is 8.81 Å². The first-order chi connectivity index (χ1) is 8.60. The molecule has 92 valence electrons. The van der Waals surface area contributed by atoms with Gasteiger partial charge >= 0.3 is 0 Å². The second-order valence-corrected chi connectivity index (χ2v) is 3.98. The van der Waals surface area contributed by atoms with Gasteiger partial charge in [0, 0.05) is 5.69 Å². The number of halogens is 1. The highest BCUT2D eigenvalue weighted by molar-refractivity contribution is 5.48. The van der Waals surface area contributed by atoms with Gasteiger partial charge in [0.1, 0.15) is 23.7 Å². The lowest BCUT2D eigenvalue weighted by Gasteiger charge is -2.12. The van der Waals surface area contributed by atoms with E-state index in [1.807, 2.05) is 13.8 Å². The van der Waals surface area contributed by atoms with Crippen LogP contribution in [0, 0.1) is 24.1 Å². The van der Waals surface area contributed by atoms with Crippen molar-refractivity contribution in [2.75, 3.05) is 5.32 Å². The Kier molecular flexibility index (Phi) is 3.28. The number of hydrogen-bond acceptors (Lipinski definition) is 4. The molecule has 1 heterocycles. The van der Waals surface area contributed by atoms with E-state index in [-0.39, 0.29) is 11.6 Å². The summed E-state index contributed by atoms with van der Waals surface area (Å²) in [6, 6.07) is 5.97. The van der Waals surface area contributed by atoms with Crippen molar-refractivity contribution in [1.82, 2.24) is 4.98 Å². The maximum atomic E-state index is 13.4. The van der Waals surface area contributed by atoms with Crippen LogP contribution in [-0.2, 0) is 0 Å². The van der Waals surface area contributed by atoms with E-state index in [2.05, 4.69) is 10.3 Å². The fourth-order valence-corrected chi connectivity index (χ4v) is 1.58. The van der Waals surface area contributed by atoms with Gasteiger partial charge in [-0.05, 0) is 32.0 Å². The Balaban J connectivity index is 2.15. The van der Waals surface area contributed by atoms with E-state index in [0.29, 0.717) is 11.6 Å². The SMILES string of the molecule is Cc1cnc(C(C)Nc2ccc(C#N)c(F)c2)o1. The molecule has 1 N–H and O–H groups in total. The fourth-order valence-electron chi connectivity index (χ4n) is 1.58. The molecule has 4 nitrogen and oxygen atoms in total. The number of aromatic nitrogens is 1. The third-order valence-corrected chi connectivity index (χ3v) is 2.48. The molecule has 0 aliphatic rings. The van der Waals surface area contributed by atoms with Gasteiger partial charge in [-0.25, -0.2) is 9.37 Å². The molecule has 1 aromatic heterocycles. The molecule has 0 aliphatic carbocycles. The normalized spacial score (nSPS) is 11.9. The van der Waals surface area contributed by atoms with E-state index in [1.54, 1.807) is 18.3 Å². The number of benzene rings is 1. The predicted octanol–water partition coefficient (Wildman–Crippen LogP) is 3.17. The maximum absolute atomic E-state index is 13.4. The highest BCUT2D eigenvalue weighted by Gasteiger charge is 2.12. The molecule has 2 rings (SSSR count). The van der Waals surface area contributed by atoms with Crippen LogP contribution in [0.1, 0.15) is 30.2 Å². The first-order valence-electron chi connectivity index (χ1n) is 5.48. The molecular formula is C13H12FN3O. The molecule has 0 saturated heterocycles. The molecule has 0 aliphatic heterocycles. The van der Waals surface area contributed by atoms with E-state index in [1.165, 1.54) is 12.1 Å². The summed E-state index contributed by atoms with van der Waals surface area (Å²) in [5.41, 5.74) is 0.607. The van der Waals surface area contributed by atoms with Gasteiger partial charge in [0.05, 0.1) is 11.8 Å². The Morgan fingerprint density at radius 2 is 2.28 bits per heavy atom.